The van der Waals surface area contributed by atoms with Gasteiger partial charge in [0, 0.05) is 68.1 Å². The number of thiocarbonyl (C=S) groups is 4. The van der Waals surface area contributed by atoms with Crippen molar-refractivity contribution >= 4 is 291 Å². The molecule has 8 aromatic carbocycles. The molecule has 0 saturated carbocycles. The van der Waals surface area contributed by atoms with Gasteiger partial charge in [0.05, 0.1) is 63.1 Å². The predicted molar refractivity (Wildman–Crippen MR) is 494 cm³/mol. The molecule has 652 valence electrons. The summed E-state index contributed by atoms with van der Waals surface area (Å²) in [5.41, 5.74) is 13.1. The standard InChI is InChI=1S/C74H72Br4Cl2N16O19S8/c1-73(2,35-81-69(116)87-49-17-9-41(57(29-49)120(103,104)105)5-7-43-11-19-51(31-59(43)122(109,110)111)89-71(118)95-93-67(101)61(85-47-21-13-45(79)14-22-47)65(99)91-83-33-39-25-53(75)63(97)54(76)26-39)37-115-38-74(3,4)36-82-70(117)88-50-18-10-42(58(30-50)121(106,107)108)6-8-44-12-20-52(32-60(44)123(112,113)114)90-72(119)96-94-68(102)62(86-48-23-15-46(80)16-24-48)66(100)92-84-34-40-27-55(77)64(98)56(78)28-40/h5-34,61-62,85-86,97-98H,35-38H2,1-4H3,(H,91,99)(H,92,100)(H,93,101)(H,94,102)(H2,81,87,116)(H2,82,88,117)(H2,89,95,118)(H2,90,96,119)(H,103,104,105)(H,106,107,108)(H,109,110,111)(H,112,113,114)/p-4/b7-5+,8-6+,83-33+,84-34+. The minimum atomic E-state index is -5.28. The number of carbonyl (C=O) groups is 4. The number of phenolic OH excluding ortho intramolecular Hbond substituents is 2. The fourth-order valence-corrected chi connectivity index (χ4v) is 16.5. The molecule has 2 atom stereocenters. The zero-order chi connectivity index (χ0) is 90.7. The molecule has 35 nitrogen and oxygen atoms in total. The molecule has 4 amide bonds. The number of halogens is 6. The van der Waals surface area contributed by atoms with Gasteiger partial charge in [-0.15, -0.1) is 0 Å². The fourth-order valence-electron chi connectivity index (χ4n) is 10.3. The van der Waals surface area contributed by atoms with Gasteiger partial charge < -0.3 is 75.7 Å². The number of ether oxygens (including phenoxy) is 1. The van der Waals surface area contributed by atoms with Gasteiger partial charge in [-0.05, 0) is 267 Å². The van der Waals surface area contributed by atoms with E-state index in [0.717, 1.165) is 48.6 Å². The van der Waals surface area contributed by atoms with Crippen molar-refractivity contribution in [2.45, 2.75) is 59.4 Å². The van der Waals surface area contributed by atoms with E-state index in [4.69, 9.17) is 76.8 Å². The lowest BCUT2D eigenvalue weighted by molar-refractivity contribution is -0.132. The first-order valence-corrected chi connectivity index (χ1v) is 45.9. The summed E-state index contributed by atoms with van der Waals surface area (Å²) in [5, 5.41) is 50.4. The SMILES string of the molecule is CC(C)(CNC(=S)Nc1ccc(/C=C/c2ccc(NC(=S)NNC(=O)C(Nc3ccc(Cl)cc3)C(=O)N/N=C/c3cc(Br)c(O)c(Br)c3)cc2S(=O)(=O)[O-])c(S(=O)(=O)[O-])c1)COCC(C)(C)CNC(=S)Nc1ccc(/C=C/c2ccc(NC(=S)NNC(=O)C(Nc3ccc(Cl)cc3)C(=O)N/N=C/c3cc(Br)c(O)c(Br)c3)cc2S(=O)(=O)[O-])c(S(=O)(=O)[O-])c1. The Bertz CT molecular complexity index is 5640. The fraction of sp³-hybridized carbons (Fsp3) is 0.162. The third kappa shape index (κ3) is 31.0. The number of hydrazone groups is 2. The summed E-state index contributed by atoms with van der Waals surface area (Å²) in [5.74, 6) is -4.04. The lowest BCUT2D eigenvalue weighted by Gasteiger charge is -2.30. The quantitative estimate of drug-likeness (QED) is 0.00465. The van der Waals surface area contributed by atoms with Crippen LogP contribution in [-0.2, 0) is 64.4 Å². The van der Waals surface area contributed by atoms with Crippen molar-refractivity contribution < 1.29 is 86.0 Å². The average molecular weight is 2130 g/mol. The second-order valence-electron chi connectivity index (χ2n) is 27.4. The van der Waals surface area contributed by atoms with Crippen LogP contribution in [0.2, 0.25) is 10.0 Å². The molecule has 0 saturated heterocycles. The molecule has 0 bridgehead atoms. The highest BCUT2D eigenvalue weighted by Crippen LogP contribution is 2.36. The Labute approximate surface area is 770 Å². The van der Waals surface area contributed by atoms with Crippen molar-refractivity contribution in [1.29, 1.82) is 0 Å². The number of nitrogens with one attached hydrogen (secondary N) is 14. The van der Waals surface area contributed by atoms with Gasteiger partial charge in [-0.3, -0.25) is 40.9 Å². The van der Waals surface area contributed by atoms with Crippen LogP contribution in [0.3, 0.4) is 0 Å². The summed E-state index contributed by atoms with van der Waals surface area (Å²) < 4.78 is 159. The van der Waals surface area contributed by atoms with Crippen LogP contribution < -0.4 is 75.1 Å². The third-order valence-electron chi connectivity index (χ3n) is 16.3. The molecule has 0 radical (unpaired) electrons. The van der Waals surface area contributed by atoms with Crippen LogP contribution in [0.25, 0.3) is 24.3 Å². The van der Waals surface area contributed by atoms with Crippen LogP contribution in [0.5, 0.6) is 11.5 Å². The van der Waals surface area contributed by atoms with E-state index in [0.29, 0.717) is 50.4 Å². The summed E-state index contributed by atoms with van der Waals surface area (Å²) in [6.07, 6.45) is 6.86. The van der Waals surface area contributed by atoms with E-state index in [1.807, 2.05) is 27.7 Å². The number of carbonyl (C=O) groups excluding carboxylic acids is 4. The summed E-state index contributed by atoms with van der Waals surface area (Å²) in [4.78, 5) is 50.6. The molecule has 8 rings (SSSR count). The maximum absolute atomic E-state index is 13.5. The van der Waals surface area contributed by atoms with Gasteiger partial charge in [0.1, 0.15) is 52.0 Å². The first kappa shape index (κ1) is 98.9. The van der Waals surface area contributed by atoms with Crippen molar-refractivity contribution in [3.05, 3.63) is 207 Å². The van der Waals surface area contributed by atoms with Crippen molar-refractivity contribution in [1.82, 2.24) is 43.2 Å². The van der Waals surface area contributed by atoms with Gasteiger partial charge in [-0.25, -0.2) is 44.5 Å². The average Bonchev–Trinajstić information content (AvgIpc) is 0.805. The molecule has 0 spiro atoms. The number of hydrogen-bond acceptors (Lipinski definition) is 27. The molecule has 8 aromatic rings. The van der Waals surface area contributed by atoms with Crippen LogP contribution in [0.1, 0.15) is 61.1 Å². The lowest BCUT2D eigenvalue weighted by Crippen LogP contribution is -2.54. The highest BCUT2D eigenvalue weighted by Gasteiger charge is 2.30. The molecule has 0 aliphatic carbocycles. The highest BCUT2D eigenvalue weighted by molar-refractivity contribution is 9.11. The van der Waals surface area contributed by atoms with E-state index in [2.05, 4.69) is 149 Å². The molecule has 0 aromatic heterocycles. The smallest absolute Gasteiger partial charge is 0.272 e. The second-order valence-corrected chi connectivity index (χ2v) is 38.7. The second kappa shape index (κ2) is 43.4. The van der Waals surface area contributed by atoms with E-state index < -0.39 is 107 Å². The minimum absolute atomic E-state index is 0.0125. The number of hydrazine groups is 2. The topological polar surface area (TPSA) is 540 Å². The highest BCUT2D eigenvalue weighted by atomic mass is 79.9. The van der Waals surface area contributed by atoms with Crippen LogP contribution in [-0.4, -0.2) is 157 Å². The maximum atomic E-state index is 13.5. The zero-order valence-electron chi connectivity index (χ0n) is 63.6. The van der Waals surface area contributed by atoms with E-state index in [1.54, 1.807) is 0 Å². The molecule has 0 aliphatic heterocycles. The molecule has 2 unspecified atom stereocenters. The number of anilines is 6. The van der Waals surface area contributed by atoms with Crippen LogP contribution >= 0.6 is 136 Å². The summed E-state index contributed by atoms with van der Waals surface area (Å²) in [6.45, 7) is 8.17. The van der Waals surface area contributed by atoms with Gasteiger partial charge in [0.25, 0.3) is 23.6 Å². The van der Waals surface area contributed by atoms with Crippen molar-refractivity contribution in [3.63, 3.8) is 0 Å². The number of phenols is 2. The summed E-state index contributed by atoms with van der Waals surface area (Å²) >= 11 is 46.5. The normalized spacial score (nSPS) is 12.5. The molecule has 0 heterocycles. The Kier molecular flexibility index (Phi) is 34.9. The van der Waals surface area contributed by atoms with Gasteiger partial charge in [-0.2, -0.15) is 10.2 Å². The van der Waals surface area contributed by atoms with Crippen LogP contribution in [0.15, 0.2) is 193 Å². The monoisotopic (exact) mass is 2130 g/mol. The number of rotatable bonds is 32. The van der Waals surface area contributed by atoms with Crippen LogP contribution in [0.4, 0.5) is 34.1 Å². The minimum Gasteiger partial charge on any atom is -0.744 e. The van der Waals surface area contributed by atoms with E-state index in [9.17, 15) is 81.3 Å². The van der Waals surface area contributed by atoms with Crippen molar-refractivity contribution in [2.24, 2.45) is 21.0 Å². The van der Waals surface area contributed by atoms with Gasteiger partial charge >= 0.3 is 0 Å². The van der Waals surface area contributed by atoms with E-state index in [1.165, 1.54) is 134 Å². The Balaban J connectivity index is 0.801. The molecule has 49 heteroatoms. The van der Waals surface area contributed by atoms with Gasteiger partial charge in [0.15, 0.2) is 32.5 Å². The number of amides is 4. The third-order valence-corrected chi connectivity index (χ3v) is 23.7. The number of aromatic hydroxyl groups is 2. The molecule has 16 N–H and O–H groups in total. The number of hydrogen-bond donors (Lipinski definition) is 16. The van der Waals surface area contributed by atoms with E-state index in [-0.39, 0.29) is 103 Å². The Morgan fingerprint density at radius 3 is 0.943 bits per heavy atom. The Morgan fingerprint density at radius 1 is 0.415 bits per heavy atom. The first-order valence-electron chi connectivity index (χ1n) is 34.7. The summed E-state index contributed by atoms with van der Waals surface area (Å²) in [7, 11) is -21.0. The molecule has 0 fully saturated rings. The largest absolute Gasteiger partial charge is 0.744 e. The first-order chi connectivity index (χ1) is 57.5. The molecule has 0 aliphatic rings. The zero-order valence-corrected chi connectivity index (χ0v) is 78.0. The Morgan fingerprint density at radius 2 is 0.675 bits per heavy atom. The predicted octanol–water partition coefficient (Wildman–Crippen LogP) is 10.7. The number of nitrogens with zero attached hydrogens (tertiary/aromatic N) is 2. The maximum Gasteiger partial charge on any atom is 0.272 e. The van der Waals surface area contributed by atoms with Gasteiger partial charge in [-0.1, -0.05) is 99.5 Å². The molecular weight excluding hydrogens is 2060 g/mol. The molecule has 123 heavy (non-hydrogen) atoms. The molecular formula is C74H68Br4Cl2N16O19S8-4. The van der Waals surface area contributed by atoms with Crippen LogP contribution in [0, 0.1) is 10.8 Å². The number of benzene rings is 8. The van der Waals surface area contributed by atoms with Crippen molar-refractivity contribution in [2.75, 3.05) is 58.2 Å². The summed E-state index contributed by atoms with van der Waals surface area (Å²) in [6, 6.07) is 28.6. The van der Waals surface area contributed by atoms with Crippen molar-refractivity contribution in [3.8, 4) is 11.5 Å². The van der Waals surface area contributed by atoms with Gasteiger partial charge in [0.2, 0.25) is 0 Å². The lowest BCUT2D eigenvalue weighted by atomic mass is 9.93. The van der Waals surface area contributed by atoms with E-state index >= 15 is 0 Å². The Hall–Kier alpha value is -9.48.